The van der Waals surface area contributed by atoms with Crippen molar-refractivity contribution in [1.29, 1.82) is 0 Å². The van der Waals surface area contributed by atoms with Crippen LogP contribution in [0.25, 0.3) is 33.4 Å². The molecule has 1 amide bonds. The first-order valence-corrected chi connectivity index (χ1v) is 21.8. The van der Waals surface area contributed by atoms with E-state index in [0.29, 0.717) is 42.9 Å². The number of nitrogens with zero attached hydrogens (tertiary/aromatic N) is 5. The summed E-state index contributed by atoms with van der Waals surface area (Å²) in [5, 5.41) is 9.41. The molecule has 6 bridgehead atoms. The van der Waals surface area contributed by atoms with E-state index >= 15 is 0 Å². The second kappa shape index (κ2) is 16.3. The Bertz CT molecular complexity index is 2250. The van der Waals surface area contributed by atoms with Crippen LogP contribution in [0.3, 0.4) is 0 Å². The molecule has 8 rings (SSSR count). The number of halogens is 2. The highest BCUT2D eigenvalue weighted by Gasteiger charge is 2.61. The van der Waals surface area contributed by atoms with Gasteiger partial charge in [0, 0.05) is 85.5 Å². The number of aryl methyl sites for hydroxylation is 1. The topological polar surface area (TPSA) is 131 Å². The first kappa shape index (κ1) is 41.4. The van der Waals surface area contributed by atoms with Gasteiger partial charge in [-0.15, -0.1) is 11.3 Å². The van der Waals surface area contributed by atoms with Crippen molar-refractivity contribution in [3.8, 4) is 22.5 Å². The number of piperidine rings is 1. The molecule has 316 valence electrons. The van der Waals surface area contributed by atoms with Crippen molar-refractivity contribution in [2.45, 2.75) is 103 Å². The summed E-state index contributed by atoms with van der Waals surface area (Å²) < 4.78 is 42.3. The first-order chi connectivity index (χ1) is 28.2. The lowest BCUT2D eigenvalue weighted by molar-refractivity contribution is -0.150. The van der Waals surface area contributed by atoms with Crippen LogP contribution in [0.2, 0.25) is 0 Å². The molecule has 5 atom stereocenters. The van der Waals surface area contributed by atoms with E-state index in [1.54, 1.807) is 7.11 Å². The lowest BCUT2D eigenvalue weighted by atomic mass is 9.84. The number of ether oxygens (including phenoxy) is 2. The van der Waals surface area contributed by atoms with Crippen molar-refractivity contribution in [2.24, 2.45) is 11.3 Å². The monoisotopic (exact) mass is 831 g/mol. The zero-order valence-electron chi connectivity index (χ0n) is 34.8. The number of methoxy groups -OCH3 is 1. The quantitative estimate of drug-likeness (QED) is 0.208. The Morgan fingerprint density at radius 1 is 1.14 bits per heavy atom. The van der Waals surface area contributed by atoms with Crippen molar-refractivity contribution in [2.75, 3.05) is 51.8 Å². The summed E-state index contributed by atoms with van der Waals surface area (Å²) in [6, 6.07) is 6.00. The van der Waals surface area contributed by atoms with Gasteiger partial charge in [-0.25, -0.2) is 13.8 Å². The zero-order chi connectivity index (χ0) is 41.8. The van der Waals surface area contributed by atoms with E-state index in [4.69, 9.17) is 19.4 Å². The third kappa shape index (κ3) is 8.40. The minimum Gasteiger partial charge on any atom is -0.464 e. The summed E-state index contributed by atoms with van der Waals surface area (Å²) in [5.41, 5.74) is 7.15. The number of amides is 1. The van der Waals surface area contributed by atoms with Gasteiger partial charge >= 0.3 is 5.97 Å². The van der Waals surface area contributed by atoms with Crippen LogP contribution in [0.1, 0.15) is 75.7 Å². The van der Waals surface area contributed by atoms with Crippen LogP contribution in [0, 0.1) is 11.3 Å². The predicted molar refractivity (Wildman–Crippen MR) is 224 cm³/mol. The Balaban J connectivity index is 1.26. The van der Waals surface area contributed by atoms with Gasteiger partial charge in [0.25, 0.3) is 5.92 Å². The lowest BCUT2D eigenvalue weighted by Gasteiger charge is -2.34. The fraction of sp³-hybridized carbons (Fsp3) is 0.568. The number of carbonyl (C=O) groups excluding carboxylic acids is 3. The van der Waals surface area contributed by atoms with Crippen molar-refractivity contribution >= 4 is 45.6 Å². The molecule has 1 aliphatic carbocycles. The molecule has 15 heteroatoms. The number of piperazine rings is 1. The number of benzene rings is 1. The van der Waals surface area contributed by atoms with Gasteiger partial charge in [0.15, 0.2) is 5.78 Å². The maximum Gasteiger partial charge on any atom is 0.323 e. The number of alkyl halides is 2. The van der Waals surface area contributed by atoms with Gasteiger partial charge in [0.05, 0.1) is 58.8 Å². The van der Waals surface area contributed by atoms with Crippen LogP contribution < -0.4 is 15.5 Å². The number of anilines is 1. The van der Waals surface area contributed by atoms with Gasteiger partial charge in [-0.05, 0) is 70.3 Å². The standard InChI is InChI=1S/C44H55F2N7O5S/c1-7-53-36-12-11-26-17-28(36)30(39(53)29-18-27(22-47-38(29)25(2)57-6)52-15-13-51(5)14-16-52)20-43(3,4)24-58-42(56)33-10-8-9-32(48-33)40(54)34(19-37-49-35(26)23-59-37)50-41(55)31-21-44(31,45)46/h11-12,17-18,22-23,25,31-34,48H,7-10,13-16,19-21,24H2,1-6H3,(H,50,55)/t25-,31+,32?,33-,34-/m0/s1. The molecule has 1 unspecified atom stereocenters. The Labute approximate surface area is 348 Å². The number of cyclic esters (lactones) is 1. The second-order valence-electron chi connectivity index (χ2n) is 17.6. The van der Waals surface area contributed by atoms with E-state index in [-0.39, 0.29) is 24.9 Å². The Morgan fingerprint density at radius 2 is 1.88 bits per heavy atom. The van der Waals surface area contributed by atoms with Crippen LogP contribution >= 0.6 is 11.3 Å². The van der Waals surface area contributed by atoms with Gasteiger partial charge in [-0.1, -0.05) is 19.9 Å². The number of nitrogens with one attached hydrogen (secondary N) is 2. The molecule has 4 aliphatic rings. The van der Waals surface area contributed by atoms with E-state index in [0.717, 1.165) is 70.8 Å². The van der Waals surface area contributed by atoms with Crippen LogP contribution in [-0.2, 0) is 43.2 Å². The molecule has 3 aromatic heterocycles. The van der Waals surface area contributed by atoms with E-state index in [1.165, 1.54) is 11.3 Å². The van der Waals surface area contributed by atoms with E-state index < -0.39 is 53.7 Å². The highest BCUT2D eigenvalue weighted by atomic mass is 32.1. The second-order valence-corrected chi connectivity index (χ2v) is 18.5. The molecule has 4 aromatic rings. The number of carbonyl (C=O) groups is 3. The summed E-state index contributed by atoms with van der Waals surface area (Å²) in [5.74, 6) is -6.18. The van der Waals surface area contributed by atoms with Crippen molar-refractivity contribution in [1.82, 2.24) is 30.1 Å². The molecule has 3 aliphatic heterocycles. The summed E-state index contributed by atoms with van der Waals surface area (Å²) in [7, 11) is 3.85. The highest BCUT2D eigenvalue weighted by Crippen LogP contribution is 2.49. The Morgan fingerprint density at radius 3 is 2.59 bits per heavy atom. The number of hydrogen-bond donors (Lipinski definition) is 2. The van der Waals surface area contributed by atoms with Crippen molar-refractivity contribution in [3.63, 3.8) is 0 Å². The molecule has 2 saturated heterocycles. The van der Waals surface area contributed by atoms with Gasteiger partial charge < -0.3 is 29.2 Å². The predicted octanol–water partition coefficient (Wildman–Crippen LogP) is 6.19. The molecule has 3 fully saturated rings. The van der Waals surface area contributed by atoms with Crippen LogP contribution in [0.5, 0.6) is 0 Å². The largest absolute Gasteiger partial charge is 0.464 e. The van der Waals surface area contributed by atoms with Crippen LogP contribution in [0.4, 0.5) is 14.5 Å². The van der Waals surface area contributed by atoms with Gasteiger partial charge in [-0.2, -0.15) is 0 Å². The molecule has 2 N–H and O–H groups in total. The molecule has 1 saturated carbocycles. The number of aromatic nitrogens is 3. The number of Topliss-reactive ketones (excluding diaryl/α,β-unsaturated/α-hetero) is 1. The average molecular weight is 832 g/mol. The minimum absolute atomic E-state index is 0.0377. The van der Waals surface area contributed by atoms with Crippen LogP contribution in [-0.4, -0.2) is 108 Å². The maximum absolute atomic E-state index is 14.1. The summed E-state index contributed by atoms with van der Waals surface area (Å²) in [4.78, 5) is 55.6. The third-order valence-electron chi connectivity index (χ3n) is 12.6. The normalized spacial score (nSPS) is 25.3. The fourth-order valence-corrected chi connectivity index (χ4v) is 9.77. The number of pyridine rings is 1. The number of likely N-dealkylation sites (N-methyl/N-ethyl adjacent to an activating group) is 1. The van der Waals surface area contributed by atoms with Gasteiger partial charge in [-0.3, -0.25) is 24.7 Å². The molecule has 12 nitrogen and oxygen atoms in total. The highest BCUT2D eigenvalue weighted by molar-refractivity contribution is 7.10. The molecular weight excluding hydrogens is 777 g/mol. The van der Waals surface area contributed by atoms with Crippen molar-refractivity contribution < 1.29 is 32.6 Å². The maximum atomic E-state index is 14.1. The van der Waals surface area contributed by atoms with Gasteiger partial charge in [0.2, 0.25) is 5.91 Å². The minimum atomic E-state index is -3.08. The van der Waals surface area contributed by atoms with E-state index in [1.807, 2.05) is 18.5 Å². The Kier molecular flexibility index (Phi) is 11.4. The van der Waals surface area contributed by atoms with Gasteiger partial charge in [0.1, 0.15) is 12.0 Å². The number of ketones is 1. The molecule has 1 aromatic carbocycles. The van der Waals surface area contributed by atoms with E-state index in [9.17, 15) is 23.2 Å². The smallest absolute Gasteiger partial charge is 0.323 e. The average Bonchev–Trinajstić information content (AvgIpc) is 3.50. The zero-order valence-corrected chi connectivity index (χ0v) is 35.6. The summed E-state index contributed by atoms with van der Waals surface area (Å²) in [6.45, 7) is 12.9. The SMILES string of the molecule is CCn1c(-c2cc(N3CCN(C)CC3)cnc2[C@H](C)OC)c2c3cc(ccc31)-c1csc(n1)C[C@H](NC(=O)[C@H]1CC1(F)F)C(=O)C1CCC[C@H](N1)C(=O)OCC(C)(C)C2. The Hall–Kier alpha value is -4.31. The molecular formula is C44H55F2N7O5S. The van der Waals surface area contributed by atoms with Crippen LogP contribution in [0.15, 0.2) is 35.8 Å². The molecule has 59 heavy (non-hydrogen) atoms. The summed E-state index contributed by atoms with van der Waals surface area (Å²) in [6.07, 6.45) is 3.26. The van der Waals surface area contributed by atoms with Crippen molar-refractivity contribution in [3.05, 3.63) is 52.1 Å². The number of rotatable bonds is 7. The summed E-state index contributed by atoms with van der Waals surface area (Å²) >= 11 is 1.36. The number of fused-ring (bicyclic) bond motifs is 6. The lowest BCUT2D eigenvalue weighted by Crippen LogP contribution is -2.57. The molecule has 6 heterocycles. The fourth-order valence-electron chi connectivity index (χ4n) is 8.92. The first-order valence-electron chi connectivity index (χ1n) is 20.9. The number of esters is 1. The molecule has 0 spiro atoms. The number of hydrogen-bond acceptors (Lipinski definition) is 11. The molecule has 0 radical (unpaired) electrons. The number of thiazole rings is 1. The third-order valence-corrected chi connectivity index (χ3v) is 13.4. The van der Waals surface area contributed by atoms with E-state index in [2.05, 4.69) is 77.1 Å².